The zero-order chi connectivity index (χ0) is 17.9. The van der Waals surface area contributed by atoms with Gasteiger partial charge < -0.3 is 9.47 Å². The van der Waals surface area contributed by atoms with E-state index in [9.17, 15) is 0 Å². The summed E-state index contributed by atoms with van der Waals surface area (Å²) in [5, 5.41) is 2.48. The molecule has 2 aromatic carbocycles. The van der Waals surface area contributed by atoms with Crippen LogP contribution in [-0.4, -0.2) is 19.1 Å². The van der Waals surface area contributed by atoms with Crippen molar-refractivity contribution in [1.82, 2.24) is 0 Å². The summed E-state index contributed by atoms with van der Waals surface area (Å²) in [5.74, 6) is 2.66. The van der Waals surface area contributed by atoms with Gasteiger partial charge >= 0.3 is 0 Å². The topological polar surface area (TPSA) is 18.5 Å². The molecule has 0 aliphatic rings. The van der Waals surface area contributed by atoms with E-state index in [1.807, 2.05) is 0 Å². The maximum absolute atomic E-state index is 5.98. The van der Waals surface area contributed by atoms with Gasteiger partial charge in [0.05, 0.1) is 13.2 Å². The molecule has 0 saturated carbocycles. The molecule has 2 nitrogen and oxygen atoms in total. The average Bonchev–Trinajstić information content (AvgIpc) is 2.64. The molecule has 25 heavy (non-hydrogen) atoms. The molecule has 138 valence electrons. The van der Waals surface area contributed by atoms with Gasteiger partial charge in [-0.25, -0.2) is 0 Å². The van der Waals surface area contributed by atoms with Gasteiger partial charge in [-0.3, -0.25) is 0 Å². The van der Waals surface area contributed by atoms with Crippen molar-refractivity contribution in [3.63, 3.8) is 0 Å². The molecule has 0 N–H and O–H groups in total. The van der Waals surface area contributed by atoms with Crippen LogP contribution in [0.5, 0.6) is 11.5 Å². The lowest BCUT2D eigenvalue weighted by molar-refractivity contribution is 0.305. The third kappa shape index (κ3) is 6.11. The minimum Gasteiger partial charge on any atom is -0.494 e. The minimum absolute atomic E-state index is 0.697. The number of alkyl halides is 1. The second kappa shape index (κ2) is 11.3. The molecule has 0 fully saturated rings. The van der Waals surface area contributed by atoms with E-state index < -0.39 is 0 Å². The van der Waals surface area contributed by atoms with Crippen molar-refractivity contribution in [2.75, 3.05) is 19.1 Å². The number of hydrogen-bond acceptors (Lipinski definition) is 2. The summed E-state index contributed by atoms with van der Waals surface area (Å²) in [4.78, 5) is 0. The second-order valence-corrected chi connectivity index (χ2v) is 6.81. The van der Waals surface area contributed by atoms with Crippen LogP contribution in [0.4, 0.5) is 0 Å². The molecule has 0 aromatic heterocycles. The molecule has 0 radical (unpaired) electrons. The Morgan fingerprint density at radius 2 is 1.64 bits per heavy atom. The summed E-state index contributed by atoms with van der Waals surface area (Å²) >= 11 is 5.73. The fourth-order valence-corrected chi connectivity index (χ4v) is 3.23. The van der Waals surface area contributed by atoms with Gasteiger partial charge in [0.25, 0.3) is 0 Å². The van der Waals surface area contributed by atoms with Crippen LogP contribution in [-0.2, 0) is 6.42 Å². The van der Waals surface area contributed by atoms with E-state index in [0.717, 1.165) is 50.4 Å². The van der Waals surface area contributed by atoms with Crippen molar-refractivity contribution >= 4 is 22.4 Å². The smallest absolute Gasteiger partial charge is 0.123 e. The highest BCUT2D eigenvalue weighted by atomic mass is 35.5. The Morgan fingerprint density at radius 1 is 0.840 bits per heavy atom. The number of benzene rings is 2. The highest BCUT2D eigenvalue weighted by Gasteiger charge is 2.08. The van der Waals surface area contributed by atoms with Crippen LogP contribution in [0.25, 0.3) is 10.8 Å². The summed E-state index contributed by atoms with van der Waals surface area (Å²) in [6, 6.07) is 10.6. The van der Waals surface area contributed by atoms with Crippen LogP contribution in [0.1, 0.15) is 57.9 Å². The van der Waals surface area contributed by atoms with Gasteiger partial charge in [-0.15, -0.1) is 11.6 Å². The van der Waals surface area contributed by atoms with Crippen LogP contribution in [0.2, 0.25) is 0 Å². The Morgan fingerprint density at radius 3 is 2.40 bits per heavy atom. The van der Waals surface area contributed by atoms with Crippen LogP contribution < -0.4 is 9.47 Å². The first-order valence-corrected chi connectivity index (χ1v) is 10.2. The van der Waals surface area contributed by atoms with Gasteiger partial charge in [0.15, 0.2) is 0 Å². The summed E-state index contributed by atoms with van der Waals surface area (Å²) < 4.78 is 11.9. The first kappa shape index (κ1) is 19.9. The van der Waals surface area contributed by atoms with E-state index in [2.05, 4.69) is 44.2 Å². The summed E-state index contributed by atoms with van der Waals surface area (Å²) in [5.41, 5.74) is 1.28. The van der Waals surface area contributed by atoms with Gasteiger partial charge in [0.1, 0.15) is 11.5 Å². The Labute approximate surface area is 157 Å². The normalized spacial score (nSPS) is 11.0. The van der Waals surface area contributed by atoms with E-state index >= 15 is 0 Å². The predicted molar refractivity (Wildman–Crippen MR) is 108 cm³/mol. The number of aryl methyl sites for hydroxylation is 1. The standard InChI is InChI=1S/C22H31ClO2/c1-3-5-6-8-15-24-19-11-12-21-18(17-19)10-13-22(20(21)4-2)25-16-9-7-14-23/h10-13,17H,3-9,14-16H2,1-2H3. The molecule has 0 heterocycles. The molecule has 3 heteroatoms. The number of hydrogen-bond donors (Lipinski definition) is 0. The molecule has 0 unspecified atom stereocenters. The number of ether oxygens (including phenoxy) is 2. The largest absolute Gasteiger partial charge is 0.494 e. The predicted octanol–water partition coefficient (Wildman–Crippen LogP) is 6.76. The Kier molecular flexibility index (Phi) is 8.96. The molecule has 0 atom stereocenters. The van der Waals surface area contributed by atoms with Gasteiger partial charge in [0.2, 0.25) is 0 Å². The van der Waals surface area contributed by atoms with Gasteiger partial charge in [-0.1, -0.05) is 45.2 Å². The van der Waals surface area contributed by atoms with Crippen molar-refractivity contribution in [2.45, 2.75) is 58.8 Å². The lowest BCUT2D eigenvalue weighted by atomic mass is 10.0. The van der Waals surface area contributed by atoms with Crippen molar-refractivity contribution < 1.29 is 9.47 Å². The van der Waals surface area contributed by atoms with E-state index in [1.165, 1.54) is 35.6 Å². The lowest BCUT2D eigenvalue weighted by Gasteiger charge is -2.14. The third-order valence-electron chi connectivity index (χ3n) is 4.47. The molecule has 0 saturated heterocycles. The van der Waals surface area contributed by atoms with Crippen LogP contribution in [0.15, 0.2) is 30.3 Å². The monoisotopic (exact) mass is 362 g/mol. The number of rotatable bonds is 12. The number of unbranched alkanes of at least 4 members (excludes halogenated alkanes) is 4. The molecule has 0 bridgehead atoms. The molecule has 0 amide bonds. The highest BCUT2D eigenvalue weighted by molar-refractivity contribution is 6.17. The maximum Gasteiger partial charge on any atom is 0.123 e. The van der Waals surface area contributed by atoms with E-state index in [4.69, 9.17) is 21.1 Å². The minimum atomic E-state index is 0.697. The van der Waals surface area contributed by atoms with Gasteiger partial charge in [-0.05, 0) is 54.7 Å². The first-order valence-electron chi connectivity index (χ1n) is 9.67. The molecule has 0 aliphatic carbocycles. The van der Waals surface area contributed by atoms with Crippen molar-refractivity contribution in [1.29, 1.82) is 0 Å². The molecule has 0 aliphatic heterocycles. The average molecular weight is 363 g/mol. The van der Waals surface area contributed by atoms with Gasteiger partial charge in [-0.2, -0.15) is 0 Å². The quantitative estimate of drug-likeness (QED) is 0.306. The van der Waals surface area contributed by atoms with Crippen LogP contribution in [0.3, 0.4) is 0 Å². The third-order valence-corrected chi connectivity index (χ3v) is 4.73. The molecule has 2 aromatic rings. The number of fused-ring (bicyclic) bond motifs is 1. The fourth-order valence-electron chi connectivity index (χ4n) is 3.04. The lowest BCUT2D eigenvalue weighted by Crippen LogP contribution is -2.01. The highest BCUT2D eigenvalue weighted by Crippen LogP contribution is 2.31. The van der Waals surface area contributed by atoms with Crippen molar-refractivity contribution in [2.24, 2.45) is 0 Å². The molecular weight excluding hydrogens is 332 g/mol. The van der Waals surface area contributed by atoms with Crippen LogP contribution >= 0.6 is 11.6 Å². The summed E-state index contributed by atoms with van der Waals surface area (Å²) in [7, 11) is 0. The van der Waals surface area contributed by atoms with E-state index in [1.54, 1.807) is 0 Å². The SMILES string of the molecule is CCCCCCOc1ccc2c(CC)c(OCCCCCl)ccc2c1. The Hall–Kier alpha value is -1.41. The Balaban J connectivity index is 2.04. The second-order valence-electron chi connectivity index (χ2n) is 6.43. The molecular formula is C22H31ClO2. The van der Waals surface area contributed by atoms with Gasteiger partial charge in [0, 0.05) is 11.4 Å². The summed E-state index contributed by atoms with van der Waals surface area (Å²) in [6.45, 7) is 5.93. The fraction of sp³-hybridized carbons (Fsp3) is 0.545. The Bertz CT molecular complexity index is 639. The number of halogens is 1. The molecule has 0 spiro atoms. The zero-order valence-electron chi connectivity index (χ0n) is 15.7. The maximum atomic E-state index is 5.98. The zero-order valence-corrected chi connectivity index (χ0v) is 16.4. The summed E-state index contributed by atoms with van der Waals surface area (Å²) in [6.07, 6.45) is 7.86. The van der Waals surface area contributed by atoms with Crippen molar-refractivity contribution in [3.8, 4) is 11.5 Å². The van der Waals surface area contributed by atoms with Crippen LogP contribution in [0, 0.1) is 0 Å². The van der Waals surface area contributed by atoms with Crippen molar-refractivity contribution in [3.05, 3.63) is 35.9 Å². The van der Waals surface area contributed by atoms with E-state index in [-0.39, 0.29) is 0 Å². The first-order chi connectivity index (χ1) is 12.3. The molecule has 2 rings (SSSR count). The van der Waals surface area contributed by atoms with E-state index in [0.29, 0.717) is 5.88 Å².